The minimum atomic E-state index is -0.397. The van der Waals surface area contributed by atoms with Crippen LogP contribution in [0.5, 0.6) is 17.2 Å². The third-order valence-electron chi connectivity index (χ3n) is 2.67. The number of carbonyl (C=O) groups is 1. The quantitative estimate of drug-likeness (QED) is 0.664. The van der Waals surface area contributed by atoms with Gasteiger partial charge >= 0.3 is 0 Å². The van der Waals surface area contributed by atoms with Crippen LogP contribution in [-0.2, 0) is 11.2 Å². The summed E-state index contributed by atoms with van der Waals surface area (Å²) in [6.07, 6.45) is 0.676. The summed E-state index contributed by atoms with van der Waals surface area (Å²) in [6.45, 7) is 0.208. The lowest BCUT2D eigenvalue weighted by Gasteiger charge is -2.15. The minimum Gasteiger partial charge on any atom is -0.493 e. The van der Waals surface area contributed by atoms with E-state index in [1.165, 1.54) is 14.2 Å². The largest absolute Gasteiger partial charge is 0.493 e. The van der Waals surface area contributed by atoms with Gasteiger partial charge in [0.25, 0.3) is 5.91 Å². The molecule has 114 valence electrons. The van der Waals surface area contributed by atoms with Gasteiger partial charge in [-0.05, 0) is 30.7 Å². The monoisotopic (exact) mass is 293 g/mol. The third-order valence-corrected chi connectivity index (χ3v) is 2.67. The first kappa shape index (κ1) is 16.6. The number of hydrogen-bond acceptors (Lipinski definition) is 6. The van der Waals surface area contributed by atoms with Crippen molar-refractivity contribution in [1.29, 1.82) is 5.26 Å². The van der Waals surface area contributed by atoms with Gasteiger partial charge in [0, 0.05) is 0 Å². The molecule has 0 bridgehead atoms. The molecule has 1 rings (SSSR count). The smallest absolute Gasteiger partial charge is 0.258 e. The Kier molecular flexibility index (Phi) is 6.84. The molecular formula is C14H19N3O4. The van der Waals surface area contributed by atoms with Crippen molar-refractivity contribution in [2.24, 2.45) is 5.73 Å². The molecule has 21 heavy (non-hydrogen) atoms. The van der Waals surface area contributed by atoms with Crippen molar-refractivity contribution in [3.05, 3.63) is 17.7 Å². The van der Waals surface area contributed by atoms with Crippen LogP contribution in [-0.4, -0.2) is 39.8 Å². The van der Waals surface area contributed by atoms with E-state index in [1.54, 1.807) is 12.1 Å². The number of methoxy groups -OCH3 is 2. The lowest BCUT2D eigenvalue weighted by molar-refractivity contribution is -0.122. The summed E-state index contributed by atoms with van der Waals surface area (Å²) in [6, 6.07) is 5.39. The van der Waals surface area contributed by atoms with Crippen LogP contribution in [0.2, 0.25) is 0 Å². The maximum Gasteiger partial charge on any atom is 0.258 e. The lowest BCUT2D eigenvalue weighted by atomic mass is 10.1. The summed E-state index contributed by atoms with van der Waals surface area (Å²) in [4.78, 5) is 11.5. The Balaban J connectivity index is 2.89. The predicted octanol–water partition coefficient (Wildman–Crippen LogP) is 0.224. The van der Waals surface area contributed by atoms with E-state index in [9.17, 15) is 4.79 Å². The number of nitriles is 1. The SMILES string of the molecule is COc1cc(CCN)cc(OC)c1OCC(=O)NCC#N. The molecule has 1 amide bonds. The van der Waals surface area contributed by atoms with Gasteiger partial charge in [0.05, 0.1) is 20.3 Å². The Hall–Kier alpha value is -2.46. The molecule has 1 aromatic carbocycles. The fourth-order valence-electron chi connectivity index (χ4n) is 1.71. The Morgan fingerprint density at radius 2 is 1.95 bits per heavy atom. The summed E-state index contributed by atoms with van der Waals surface area (Å²) in [7, 11) is 3.01. The van der Waals surface area contributed by atoms with Crippen LogP contribution in [0.4, 0.5) is 0 Å². The van der Waals surface area contributed by atoms with Gasteiger partial charge in [0.1, 0.15) is 6.54 Å². The number of ether oxygens (including phenoxy) is 3. The van der Waals surface area contributed by atoms with Gasteiger partial charge in [0.2, 0.25) is 5.75 Å². The maximum atomic E-state index is 11.5. The van der Waals surface area contributed by atoms with Crippen LogP contribution >= 0.6 is 0 Å². The molecular weight excluding hydrogens is 274 g/mol. The minimum absolute atomic E-state index is 0.0636. The van der Waals surface area contributed by atoms with Crippen molar-refractivity contribution in [3.63, 3.8) is 0 Å². The van der Waals surface area contributed by atoms with E-state index in [0.717, 1.165) is 5.56 Å². The molecule has 0 saturated carbocycles. The number of amides is 1. The average molecular weight is 293 g/mol. The van der Waals surface area contributed by atoms with Crippen LogP contribution in [0.1, 0.15) is 5.56 Å². The Morgan fingerprint density at radius 3 is 2.43 bits per heavy atom. The molecule has 0 atom stereocenters. The second-order valence-corrected chi connectivity index (χ2v) is 4.09. The topological polar surface area (TPSA) is 107 Å². The molecule has 1 aromatic rings. The molecule has 0 aliphatic carbocycles. The normalized spacial score (nSPS) is 9.62. The Morgan fingerprint density at radius 1 is 1.33 bits per heavy atom. The van der Waals surface area contributed by atoms with E-state index in [-0.39, 0.29) is 13.2 Å². The first-order valence-electron chi connectivity index (χ1n) is 6.37. The first-order valence-corrected chi connectivity index (χ1v) is 6.37. The van der Waals surface area contributed by atoms with Gasteiger partial charge in [-0.15, -0.1) is 0 Å². The molecule has 0 heterocycles. The summed E-state index contributed by atoms with van der Waals surface area (Å²) in [5, 5.41) is 10.8. The highest BCUT2D eigenvalue weighted by atomic mass is 16.5. The van der Waals surface area contributed by atoms with Crippen molar-refractivity contribution in [1.82, 2.24) is 5.32 Å². The fraction of sp³-hybridized carbons (Fsp3) is 0.429. The fourth-order valence-corrected chi connectivity index (χ4v) is 1.71. The van der Waals surface area contributed by atoms with Crippen LogP contribution in [0.25, 0.3) is 0 Å². The zero-order valence-corrected chi connectivity index (χ0v) is 12.1. The second-order valence-electron chi connectivity index (χ2n) is 4.09. The summed E-state index contributed by atoms with van der Waals surface area (Å²) in [5.41, 5.74) is 6.49. The van der Waals surface area contributed by atoms with E-state index >= 15 is 0 Å². The van der Waals surface area contributed by atoms with Crippen LogP contribution < -0.4 is 25.3 Å². The highest BCUT2D eigenvalue weighted by Gasteiger charge is 2.15. The molecule has 0 radical (unpaired) electrons. The number of carbonyl (C=O) groups excluding carboxylic acids is 1. The highest BCUT2D eigenvalue weighted by molar-refractivity contribution is 5.78. The first-order chi connectivity index (χ1) is 10.2. The van der Waals surface area contributed by atoms with Crippen molar-refractivity contribution in [3.8, 4) is 23.3 Å². The number of nitrogens with one attached hydrogen (secondary N) is 1. The molecule has 0 unspecified atom stereocenters. The molecule has 3 N–H and O–H groups in total. The maximum absolute atomic E-state index is 11.5. The molecule has 0 saturated heterocycles. The van der Waals surface area contributed by atoms with Crippen LogP contribution in [0, 0.1) is 11.3 Å². The van der Waals surface area contributed by atoms with Crippen molar-refractivity contribution in [2.45, 2.75) is 6.42 Å². The molecule has 7 nitrogen and oxygen atoms in total. The molecule has 0 aliphatic heterocycles. The van der Waals surface area contributed by atoms with E-state index in [1.807, 2.05) is 6.07 Å². The number of rotatable bonds is 8. The number of benzene rings is 1. The summed E-state index contributed by atoms with van der Waals surface area (Å²) >= 11 is 0. The number of hydrogen-bond donors (Lipinski definition) is 2. The zero-order chi connectivity index (χ0) is 15.7. The van der Waals surface area contributed by atoms with Crippen LogP contribution in [0.15, 0.2) is 12.1 Å². The van der Waals surface area contributed by atoms with Gasteiger partial charge in [-0.1, -0.05) is 0 Å². The van der Waals surface area contributed by atoms with E-state index in [2.05, 4.69) is 5.32 Å². The Bertz CT molecular complexity index is 500. The molecule has 7 heteroatoms. The third kappa shape index (κ3) is 4.85. The van der Waals surface area contributed by atoms with E-state index < -0.39 is 5.91 Å². The molecule has 0 aliphatic rings. The van der Waals surface area contributed by atoms with Crippen LogP contribution in [0.3, 0.4) is 0 Å². The number of nitrogens with zero attached hydrogens (tertiary/aromatic N) is 1. The zero-order valence-electron chi connectivity index (χ0n) is 12.1. The number of nitrogens with two attached hydrogens (primary N) is 1. The van der Waals surface area contributed by atoms with Crippen molar-refractivity contribution in [2.75, 3.05) is 33.9 Å². The average Bonchev–Trinajstić information content (AvgIpc) is 2.50. The molecule has 0 fully saturated rings. The van der Waals surface area contributed by atoms with Crippen molar-refractivity contribution >= 4 is 5.91 Å². The predicted molar refractivity (Wildman–Crippen MR) is 76.4 cm³/mol. The van der Waals surface area contributed by atoms with Gasteiger partial charge in [0.15, 0.2) is 18.1 Å². The van der Waals surface area contributed by atoms with E-state index in [4.69, 9.17) is 25.2 Å². The van der Waals surface area contributed by atoms with Gasteiger partial charge < -0.3 is 25.3 Å². The van der Waals surface area contributed by atoms with E-state index in [0.29, 0.717) is 30.2 Å². The summed E-state index contributed by atoms with van der Waals surface area (Å²) < 4.78 is 16.0. The lowest BCUT2D eigenvalue weighted by Crippen LogP contribution is -2.29. The van der Waals surface area contributed by atoms with Gasteiger partial charge in [-0.25, -0.2) is 0 Å². The molecule has 0 aromatic heterocycles. The second kappa shape index (κ2) is 8.66. The molecule has 0 spiro atoms. The summed E-state index contributed by atoms with van der Waals surface area (Å²) in [5.74, 6) is 0.872. The highest BCUT2D eigenvalue weighted by Crippen LogP contribution is 2.38. The van der Waals surface area contributed by atoms with Crippen molar-refractivity contribution < 1.29 is 19.0 Å². The Labute approximate surface area is 123 Å². The van der Waals surface area contributed by atoms with Gasteiger partial charge in [-0.2, -0.15) is 5.26 Å². The van der Waals surface area contributed by atoms with Gasteiger partial charge in [-0.3, -0.25) is 4.79 Å². The standard InChI is InChI=1S/C14H19N3O4/c1-19-11-7-10(3-4-15)8-12(20-2)14(11)21-9-13(18)17-6-5-16/h7-8H,3-4,6,9,15H2,1-2H3,(H,17,18).